The van der Waals surface area contributed by atoms with Crippen LogP contribution in [0.25, 0.3) is 11.1 Å². The average Bonchev–Trinajstić information content (AvgIpc) is 3.57. The highest BCUT2D eigenvalue weighted by Crippen LogP contribution is 2.37. The number of aliphatic hydroxyl groups is 1. The van der Waals surface area contributed by atoms with Gasteiger partial charge in [0, 0.05) is 47.2 Å². The molecule has 11 nitrogen and oxygen atoms in total. The molecule has 274 valence electrons. The van der Waals surface area contributed by atoms with E-state index in [9.17, 15) is 19.1 Å². The first-order valence-corrected chi connectivity index (χ1v) is 17.8. The second-order valence-electron chi connectivity index (χ2n) is 13.3. The van der Waals surface area contributed by atoms with Crippen LogP contribution in [0.3, 0.4) is 0 Å². The predicted molar refractivity (Wildman–Crippen MR) is 191 cm³/mol. The van der Waals surface area contributed by atoms with Gasteiger partial charge in [-0.3, -0.25) is 14.3 Å². The molecule has 0 spiro atoms. The molecule has 14 heteroatoms. The van der Waals surface area contributed by atoms with Crippen molar-refractivity contribution in [2.75, 3.05) is 18.8 Å². The SMILES string of the molecule is CCCC(C)(OC(C)O)C(=O)C(C)OC(C)(CC)C(=O)N1CCC(n2cc(-c3cnc(N)c(O[C@H](C)c4c(Cl)ccc(F)c4Cl)c3)cn2)CC1. The summed E-state index contributed by atoms with van der Waals surface area (Å²) in [6.45, 7) is 12.9. The largest absolute Gasteiger partial charge is 0.482 e. The summed E-state index contributed by atoms with van der Waals surface area (Å²) in [5.41, 5.74) is 5.48. The molecule has 2 aromatic heterocycles. The number of anilines is 1. The Bertz CT molecular complexity index is 1670. The van der Waals surface area contributed by atoms with Crippen LogP contribution in [0.1, 0.15) is 98.3 Å². The Kier molecular flexibility index (Phi) is 12.9. The van der Waals surface area contributed by atoms with E-state index >= 15 is 0 Å². The molecule has 1 fully saturated rings. The third kappa shape index (κ3) is 8.77. The van der Waals surface area contributed by atoms with Gasteiger partial charge < -0.3 is 30.0 Å². The smallest absolute Gasteiger partial charge is 0.254 e. The molecule has 1 aliphatic heterocycles. The molecular weight excluding hydrogens is 688 g/mol. The summed E-state index contributed by atoms with van der Waals surface area (Å²) in [5.74, 6) is -0.658. The fraction of sp³-hybridized carbons (Fsp3) is 0.556. The summed E-state index contributed by atoms with van der Waals surface area (Å²) in [5, 5.41) is 14.6. The molecule has 4 unspecified atom stereocenters. The van der Waals surface area contributed by atoms with Crippen molar-refractivity contribution in [3.05, 3.63) is 58.2 Å². The minimum atomic E-state index is -1.23. The van der Waals surface area contributed by atoms with Gasteiger partial charge in [-0.25, -0.2) is 9.37 Å². The number of aromatic nitrogens is 3. The van der Waals surface area contributed by atoms with Gasteiger partial charge >= 0.3 is 0 Å². The van der Waals surface area contributed by atoms with Crippen molar-refractivity contribution in [2.24, 2.45) is 0 Å². The van der Waals surface area contributed by atoms with Crippen LogP contribution in [-0.2, 0) is 19.1 Å². The number of aliphatic hydroxyl groups excluding tert-OH is 1. The van der Waals surface area contributed by atoms with Gasteiger partial charge in [0.15, 0.2) is 23.6 Å². The minimum Gasteiger partial charge on any atom is -0.482 e. The Labute approximate surface area is 303 Å². The average molecular weight is 737 g/mol. The number of rotatable bonds is 15. The third-order valence-electron chi connectivity index (χ3n) is 9.34. The molecule has 1 amide bonds. The van der Waals surface area contributed by atoms with E-state index in [-0.39, 0.29) is 39.3 Å². The maximum Gasteiger partial charge on any atom is 0.254 e. The van der Waals surface area contributed by atoms with Crippen LogP contribution in [0.15, 0.2) is 36.8 Å². The van der Waals surface area contributed by atoms with E-state index in [1.165, 1.54) is 19.1 Å². The van der Waals surface area contributed by atoms with E-state index in [4.69, 9.17) is 43.1 Å². The number of nitrogens with two attached hydrogens (primary N) is 1. The number of carbonyl (C=O) groups excluding carboxylic acids is 2. The molecule has 0 saturated carbocycles. The molecule has 3 aromatic rings. The molecule has 1 aromatic carbocycles. The fourth-order valence-corrected chi connectivity index (χ4v) is 7.16. The van der Waals surface area contributed by atoms with Crippen LogP contribution in [-0.4, -0.2) is 73.1 Å². The summed E-state index contributed by atoms with van der Waals surface area (Å²) in [6.07, 6.45) is 5.30. The molecule has 5 atom stereocenters. The van der Waals surface area contributed by atoms with Crippen molar-refractivity contribution in [1.82, 2.24) is 19.7 Å². The van der Waals surface area contributed by atoms with E-state index in [0.717, 1.165) is 5.56 Å². The number of ether oxygens (including phenoxy) is 3. The van der Waals surface area contributed by atoms with E-state index in [2.05, 4.69) is 10.1 Å². The lowest BCUT2D eigenvalue weighted by Gasteiger charge is -2.40. The molecule has 0 bridgehead atoms. The molecule has 1 saturated heterocycles. The van der Waals surface area contributed by atoms with Crippen molar-refractivity contribution in [3.63, 3.8) is 0 Å². The lowest BCUT2D eigenvalue weighted by atomic mass is 9.91. The van der Waals surface area contributed by atoms with Crippen molar-refractivity contribution < 1.29 is 33.3 Å². The van der Waals surface area contributed by atoms with Gasteiger partial charge in [0.2, 0.25) is 0 Å². The fourth-order valence-electron chi connectivity index (χ4n) is 6.48. The summed E-state index contributed by atoms with van der Waals surface area (Å²) in [6, 6.07) is 4.40. The van der Waals surface area contributed by atoms with Crippen molar-refractivity contribution in [1.29, 1.82) is 0 Å². The zero-order chi connectivity index (χ0) is 37.0. The summed E-state index contributed by atoms with van der Waals surface area (Å²) in [4.78, 5) is 33.3. The Balaban J connectivity index is 1.41. The number of hydrogen-bond acceptors (Lipinski definition) is 9. The number of benzene rings is 1. The number of hydrogen-bond donors (Lipinski definition) is 2. The van der Waals surface area contributed by atoms with Gasteiger partial charge in [0.25, 0.3) is 5.91 Å². The maximum absolute atomic E-state index is 14.1. The second kappa shape index (κ2) is 16.4. The van der Waals surface area contributed by atoms with E-state index < -0.39 is 35.5 Å². The minimum absolute atomic E-state index is 0.0456. The van der Waals surface area contributed by atoms with Crippen LogP contribution in [0, 0.1) is 5.82 Å². The number of nitrogen functional groups attached to an aromatic ring is 1. The standard InChI is InChI=1S/C36H48Cl2FN5O6/c1-8-14-36(7,50-23(5)45)32(46)22(4)49-35(6,9-2)34(47)43-15-12-26(13-16-43)44-20-25(19-42-44)24-17-29(33(40)41-18-24)48-21(3)30-27(37)10-11-28(39)31(30)38/h10-11,17-23,26,45H,8-9,12-16H2,1-7H3,(H2,40,41)/t21-,22?,23?,35?,36?/m1/s1. The number of nitrogens with zero attached hydrogens (tertiary/aromatic N) is 4. The first-order valence-electron chi connectivity index (χ1n) is 17.0. The predicted octanol–water partition coefficient (Wildman–Crippen LogP) is 7.33. The van der Waals surface area contributed by atoms with Crippen molar-refractivity contribution in [3.8, 4) is 16.9 Å². The van der Waals surface area contributed by atoms with Gasteiger partial charge in [0.05, 0.1) is 17.3 Å². The van der Waals surface area contributed by atoms with Crippen LogP contribution < -0.4 is 10.5 Å². The number of Topliss-reactive ketones (excluding diaryl/α,β-unsaturated/α-hetero) is 1. The van der Waals surface area contributed by atoms with E-state index in [1.54, 1.807) is 51.1 Å². The number of amides is 1. The summed E-state index contributed by atoms with van der Waals surface area (Å²) >= 11 is 12.5. The third-order valence-corrected chi connectivity index (χ3v) is 10.1. The first-order chi connectivity index (χ1) is 23.5. The summed E-state index contributed by atoms with van der Waals surface area (Å²) < 4.78 is 33.9. The molecule has 3 N–H and O–H groups in total. The molecule has 1 aliphatic rings. The number of ketones is 1. The maximum atomic E-state index is 14.1. The van der Waals surface area contributed by atoms with Crippen LogP contribution >= 0.6 is 23.2 Å². The number of likely N-dealkylation sites (tertiary alicyclic amines) is 1. The molecule has 3 heterocycles. The first kappa shape index (κ1) is 39.5. The normalized spacial score (nSPS) is 18.2. The monoisotopic (exact) mass is 735 g/mol. The molecule has 0 radical (unpaired) electrons. The molecular formula is C36H48Cl2FN5O6. The van der Waals surface area contributed by atoms with Gasteiger partial charge in [-0.15, -0.1) is 0 Å². The molecule has 0 aliphatic carbocycles. The zero-order valence-electron chi connectivity index (χ0n) is 29.7. The Morgan fingerprint density at radius 2 is 1.76 bits per heavy atom. The van der Waals surface area contributed by atoms with Gasteiger partial charge in [-0.2, -0.15) is 5.10 Å². The lowest BCUT2D eigenvalue weighted by Crippen LogP contribution is -2.55. The van der Waals surface area contributed by atoms with Gasteiger partial charge in [0.1, 0.15) is 29.2 Å². The van der Waals surface area contributed by atoms with E-state index in [1.807, 2.05) is 24.7 Å². The Morgan fingerprint density at radius 1 is 1.08 bits per heavy atom. The van der Waals surface area contributed by atoms with Crippen molar-refractivity contribution in [2.45, 2.75) is 116 Å². The van der Waals surface area contributed by atoms with Gasteiger partial charge in [-0.05, 0) is 78.5 Å². The molecule has 50 heavy (non-hydrogen) atoms. The zero-order valence-corrected chi connectivity index (χ0v) is 31.2. The highest BCUT2D eigenvalue weighted by Gasteiger charge is 2.44. The van der Waals surface area contributed by atoms with Crippen LogP contribution in [0.2, 0.25) is 10.0 Å². The van der Waals surface area contributed by atoms with E-state index in [0.29, 0.717) is 56.3 Å². The highest BCUT2D eigenvalue weighted by molar-refractivity contribution is 6.36. The summed E-state index contributed by atoms with van der Waals surface area (Å²) in [7, 11) is 0. The number of piperidine rings is 1. The second-order valence-corrected chi connectivity index (χ2v) is 14.0. The highest BCUT2D eigenvalue weighted by atomic mass is 35.5. The van der Waals surface area contributed by atoms with Crippen LogP contribution in [0.4, 0.5) is 10.2 Å². The molecule has 4 rings (SSSR count). The number of pyridine rings is 1. The lowest BCUT2D eigenvalue weighted by molar-refractivity contribution is -0.198. The Hall–Kier alpha value is -3.29. The number of halogens is 3. The number of carbonyl (C=O) groups is 2. The topological polar surface area (TPSA) is 142 Å². The van der Waals surface area contributed by atoms with Crippen LogP contribution in [0.5, 0.6) is 5.75 Å². The van der Waals surface area contributed by atoms with Gasteiger partial charge in [-0.1, -0.05) is 43.5 Å². The van der Waals surface area contributed by atoms with Crippen molar-refractivity contribution >= 4 is 40.7 Å². The quantitative estimate of drug-likeness (QED) is 0.121. The Morgan fingerprint density at radius 3 is 2.38 bits per heavy atom.